The zero-order valence-corrected chi connectivity index (χ0v) is 17.1. The van der Waals surface area contributed by atoms with E-state index in [-0.39, 0.29) is 29.0 Å². The van der Waals surface area contributed by atoms with Crippen LogP contribution in [0.2, 0.25) is 0 Å². The van der Waals surface area contributed by atoms with Gasteiger partial charge in [-0.1, -0.05) is 19.1 Å². The fourth-order valence-corrected chi connectivity index (χ4v) is 4.91. The number of likely N-dealkylation sites (tertiary alicyclic amines) is 1. The molecule has 6 heteroatoms. The standard InChI is InChI=1S/C23H28N2O4/c1-3-6-22(27)24(2)17-11-15-9-10-25(14-16(15)12-17)23(28)21-13-19(26)18-7-4-5-8-20(18)29-21/h4-5,7-8,13,15-17H,3,6,9-12,14H2,1-2H3/t15-,16-,17+/m1/s1. The minimum atomic E-state index is -0.217. The van der Waals surface area contributed by atoms with Gasteiger partial charge in [-0.3, -0.25) is 14.4 Å². The number of hydrogen-bond donors (Lipinski definition) is 0. The van der Waals surface area contributed by atoms with Crippen molar-refractivity contribution in [1.82, 2.24) is 9.80 Å². The van der Waals surface area contributed by atoms with Crippen LogP contribution in [0.4, 0.5) is 0 Å². The predicted molar refractivity (Wildman–Crippen MR) is 111 cm³/mol. The molecule has 0 unspecified atom stereocenters. The van der Waals surface area contributed by atoms with E-state index in [9.17, 15) is 14.4 Å². The zero-order valence-electron chi connectivity index (χ0n) is 17.1. The lowest BCUT2D eigenvalue weighted by molar-refractivity contribution is -0.131. The van der Waals surface area contributed by atoms with Gasteiger partial charge in [0.15, 0.2) is 11.2 Å². The Balaban J connectivity index is 1.46. The molecule has 3 atom stereocenters. The maximum Gasteiger partial charge on any atom is 0.289 e. The highest BCUT2D eigenvalue weighted by Gasteiger charge is 2.41. The summed E-state index contributed by atoms with van der Waals surface area (Å²) in [5.41, 5.74) is 0.248. The summed E-state index contributed by atoms with van der Waals surface area (Å²) in [5.74, 6) is 1.04. The first kappa shape index (κ1) is 19.7. The van der Waals surface area contributed by atoms with Gasteiger partial charge in [-0.05, 0) is 49.7 Å². The van der Waals surface area contributed by atoms with Crippen LogP contribution >= 0.6 is 0 Å². The highest BCUT2D eigenvalue weighted by atomic mass is 16.3. The first-order valence-corrected chi connectivity index (χ1v) is 10.6. The zero-order chi connectivity index (χ0) is 20.5. The van der Waals surface area contributed by atoms with Gasteiger partial charge in [0.1, 0.15) is 5.58 Å². The lowest BCUT2D eigenvalue weighted by Gasteiger charge is -2.34. The highest BCUT2D eigenvalue weighted by Crippen LogP contribution is 2.40. The van der Waals surface area contributed by atoms with Gasteiger partial charge in [-0.15, -0.1) is 0 Å². The van der Waals surface area contributed by atoms with Gasteiger partial charge in [0.05, 0.1) is 5.39 Å². The number of rotatable bonds is 4. The van der Waals surface area contributed by atoms with Crippen molar-refractivity contribution < 1.29 is 14.0 Å². The van der Waals surface area contributed by atoms with E-state index in [1.165, 1.54) is 6.07 Å². The van der Waals surface area contributed by atoms with Crippen molar-refractivity contribution in [2.24, 2.45) is 11.8 Å². The molecule has 2 aliphatic rings. The molecule has 1 saturated carbocycles. The fourth-order valence-electron chi connectivity index (χ4n) is 4.91. The van der Waals surface area contributed by atoms with Crippen molar-refractivity contribution in [1.29, 1.82) is 0 Å². The van der Waals surface area contributed by atoms with E-state index in [2.05, 4.69) is 0 Å². The Bertz CT molecular complexity index is 982. The number of carbonyl (C=O) groups is 2. The van der Waals surface area contributed by atoms with Crippen LogP contribution in [0.25, 0.3) is 11.0 Å². The lowest BCUT2D eigenvalue weighted by atomic mass is 9.88. The van der Waals surface area contributed by atoms with Gasteiger partial charge >= 0.3 is 0 Å². The molecule has 6 nitrogen and oxygen atoms in total. The van der Waals surface area contributed by atoms with E-state index in [0.29, 0.717) is 42.3 Å². The van der Waals surface area contributed by atoms with Crippen LogP contribution < -0.4 is 5.43 Å². The summed E-state index contributed by atoms with van der Waals surface area (Å²) in [6.45, 7) is 3.34. The number of benzene rings is 1. The minimum absolute atomic E-state index is 0.108. The minimum Gasteiger partial charge on any atom is -0.451 e. The van der Waals surface area contributed by atoms with E-state index in [4.69, 9.17) is 4.42 Å². The monoisotopic (exact) mass is 396 g/mol. The Morgan fingerprint density at radius 3 is 2.76 bits per heavy atom. The summed E-state index contributed by atoms with van der Waals surface area (Å²) in [7, 11) is 1.91. The second-order valence-electron chi connectivity index (χ2n) is 8.41. The van der Waals surface area contributed by atoms with Gasteiger partial charge in [-0.25, -0.2) is 0 Å². The predicted octanol–water partition coefficient (Wildman–Crippen LogP) is 3.29. The molecule has 1 saturated heterocycles. The third-order valence-electron chi connectivity index (χ3n) is 6.58. The molecule has 154 valence electrons. The van der Waals surface area contributed by atoms with Crippen molar-refractivity contribution in [3.8, 4) is 0 Å². The Hall–Kier alpha value is -2.63. The maximum absolute atomic E-state index is 13.0. The van der Waals surface area contributed by atoms with Gasteiger partial charge in [0.2, 0.25) is 5.91 Å². The highest BCUT2D eigenvalue weighted by molar-refractivity contribution is 5.93. The number of hydrogen-bond acceptors (Lipinski definition) is 4. The number of carbonyl (C=O) groups excluding carboxylic acids is 2. The molecular weight excluding hydrogens is 368 g/mol. The van der Waals surface area contributed by atoms with E-state index < -0.39 is 0 Å². The fraction of sp³-hybridized carbons (Fsp3) is 0.522. The summed E-state index contributed by atoms with van der Waals surface area (Å²) in [6.07, 6.45) is 4.34. The lowest BCUT2D eigenvalue weighted by Crippen LogP contribution is -2.42. The van der Waals surface area contributed by atoms with E-state index in [1.807, 2.05) is 23.8 Å². The molecule has 1 aliphatic carbocycles. The smallest absolute Gasteiger partial charge is 0.289 e. The molecule has 4 rings (SSSR count). The van der Waals surface area contributed by atoms with Crippen LogP contribution in [-0.4, -0.2) is 47.8 Å². The summed E-state index contributed by atoms with van der Waals surface area (Å²) in [6, 6.07) is 8.56. The Morgan fingerprint density at radius 1 is 1.21 bits per heavy atom. The molecule has 0 N–H and O–H groups in total. The van der Waals surface area contributed by atoms with Crippen molar-refractivity contribution in [3.05, 3.63) is 46.3 Å². The average molecular weight is 396 g/mol. The second-order valence-corrected chi connectivity index (χ2v) is 8.41. The van der Waals surface area contributed by atoms with E-state index in [0.717, 1.165) is 25.7 Å². The van der Waals surface area contributed by atoms with Crippen LogP contribution in [0.3, 0.4) is 0 Å². The average Bonchev–Trinajstić information content (AvgIpc) is 3.16. The maximum atomic E-state index is 13.0. The number of fused-ring (bicyclic) bond motifs is 2. The Morgan fingerprint density at radius 2 is 1.97 bits per heavy atom. The normalized spacial score (nSPS) is 23.8. The number of amides is 2. The van der Waals surface area contributed by atoms with Crippen molar-refractivity contribution in [2.45, 2.75) is 45.1 Å². The third kappa shape index (κ3) is 3.80. The summed E-state index contributed by atoms with van der Waals surface area (Å²) < 4.78 is 5.74. The quantitative estimate of drug-likeness (QED) is 0.795. The molecule has 0 radical (unpaired) electrons. The van der Waals surface area contributed by atoms with Crippen LogP contribution in [-0.2, 0) is 4.79 Å². The third-order valence-corrected chi connectivity index (χ3v) is 6.58. The summed E-state index contributed by atoms with van der Waals surface area (Å²) >= 11 is 0. The van der Waals surface area contributed by atoms with Gasteiger partial charge in [0.25, 0.3) is 5.91 Å². The molecule has 2 amide bonds. The Kier molecular flexibility index (Phi) is 5.43. The molecule has 29 heavy (non-hydrogen) atoms. The molecule has 2 aromatic rings. The SMILES string of the molecule is CCCC(=O)N(C)[C@H]1C[C@H]2CCN(C(=O)c3cc(=O)c4ccccc4o3)C[C@H]2C1. The molecule has 0 bridgehead atoms. The first-order valence-electron chi connectivity index (χ1n) is 10.6. The van der Waals surface area contributed by atoms with E-state index >= 15 is 0 Å². The number of piperidine rings is 1. The van der Waals surface area contributed by atoms with E-state index in [1.54, 1.807) is 24.3 Å². The second kappa shape index (κ2) is 8.01. The summed E-state index contributed by atoms with van der Waals surface area (Å²) in [5, 5.41) is 0.487. The van der Waals surface area contributed by atoms with Crippen molar-refractivity contribution >= 4 is 22.8 Å². The molecule has 2 fully saturated rings. The largest absolute Gasteiger partial charge is 0.451 e. The molecular formula is C23H28N2O4. The molecule has 1 aromatic heterocycles. The molecule has 1 aliphatic heterocycles. The Labute approximate surface area is 170 Å². The first-order chi connectivity index (χ1) is 14.0. The van der Waals surface area contributed by atoms with Crippen molar-refractivity contribution in [3.63, 3.8) is 0 Å². The topological polar surface area (TPSA) is 70.8 Å². The number of para-hydroxylation sites is 1. The van der Waals surface area contributed by atoms with Crippen LogP contribution in [0, 0.1) is 11.8 Å². The van der Waals surface area contributed by atoms with Crippen LogP contribution in [0.5, 0.6) is 0 Å². The molecule has 0 spiro atoms. The van der Waals surface area contributed by atoms with Crippen molar-refractivity contribution in [2.75, 3.05) is 20.1 Å². The number of nitrogens with zero attached hydrogens (tertiary/aromatic N) is 2. The van der Waals surface area contributed by atoms with Gasteiger partial charge < -0.3 is 14.2 Å². The summed E-state index contributed by atoms with van der Waals surface area (Å²) in [4.78, 5) is 41.3. The van der Waals surface area contributed by atoms with Gasteiger partial charge in [-0.2, -0.15) is 0 Å². The molecule has 2 heterocycles. The van der Waals surface area contributed by atoms with Gasteiger partial charge in [0, 0.05) is 38.7 Å². The van der Waals surface area contributed by atoms with Crippen LogP contribution in [0.15, 0.2) is 39.5 Å². The molecule has 1 aromatic carbocycles. The van der Waals surface area contributed by atoms with Crippen LogP contribution in [0.1, 0.15) is 49.6 Å².